The van der Waals surface area contributed by atoms with Crippen LogP contribution in [-0.2, 0) is 6.54 Å². The number of rotatable bonds is 6. The van der Waals surface area contributed by atoms with E-state index < -0.39 is 0 Å². The van der Waals surface area contributed by atoms with Gasteiger partial charge in [-0.15, -0.1) is 12.4 Å². The zero-order valence-corrected chi connectivity index (χ0v) is 16.6. The number of nitrogens with one attached hydrogen (secondary N) is 1. The number of piperazine rings is 1. The van der Waals surface area contributed by atoms with Gasteiger partial charge in [-0.3, -0.25) is 19.2 Å². The third-order valence-electron chi connectivity index (χ3n) is 4.90. The largest absolute Gasteiger partial charge is 0.495 e. The number of hydrogen-bond donors (Lipinski definition) is 1. The third-order valence-corrected chi connectivity index (χ3v) is 4.90. The first-order chi connectivity index (χ1) is 12.6. The highest BCUT2D eigenvalue weighted by molar-refractivity contribution is 5.85. The molecule has 2 heterocycles. The number of halogens is 1. The molecule has 3 rings (SSSR count). The number of aryl methyl sites for hydroxylation is 1. The van der Waals surface area contributed by atoms with Crippen molar-refractivity contribution in [2.75, 3.05) is 44.7 Å². The van der Waals surface area contributed by atoms with E-state index in [1.165, 1.54) is 6.07 Å². The van der Waals surface area contributed by atoms with Crippen LogP contribution in [0.15, 0.2) is 39.9 Å². The van der Waals surface area contributed by atoms with E-state index in [-0.39, 0.29) is 23.7 Å². The predicted molar refractivity (Wildman–Crippen MR) is 110 cm³/mol. The van der Waals surface area contributed by atoms with E-state index >= 15 is 0 Å². The lowest BCUT2D eigenvalue weighted by molar-refractivity contribution is 0.249. The van der Waals surface area contributed by atoms with Gasteiger partial charge < -0.3 is 9.64 Å². The Hall–Kier alpha value is -2.25. The number of H-pyrrole nitrogens is 1. The van der Waals surface area contributed by atoms with Crippen molar-refractivity contribution in [3.8, 4) is 5.75 Å². The van der Waals surface area contributed by atoms with Crippen LogP contribution in [0, 0.1) is 6.92 Å². The number of para-hydroxylation sites is 2. The normalized spacial score (nSPS) is 14.7. The number of hydrogen-bond acceptors (Lipinski definition) is 5. The minimum absolute atomic E-state index is 0. The van der Waals surface area contributed by atoms with E-state index in [9.17, 15) is 9.59 Å². The molecule has 1 N–H and O–H groups in total. The Morgan fingerprint density at radius 2 is 1.78 bits per heavy atom. The van der Waals surface area contributed by atoms with Gasteiger partial charge in [0.25, 0.3) is 5.56 Å². The zero-order chi connectivity index (χ0) is 18.5. The molecule has 0 bridgehead atoms. The number of aromatic nitrogens is 2. The van der Waals surface area contributed by atoms with Crippen LogP contribution in [0.1, 0.15) is 12.1 Å². The highest BCUT2D eigenvalue weighted by Crippen LogP contribution is 2.28. The fraction of sp³-hybridized carbons (Fsp3) is 0.474. The van der Waals surface area contributed by atoms with E-state index in [4.69, 9.17) is 4.74 Å². The van der Waals surface area contributed by atoms with E-state index in [0.717, 1.165) is 50.6 Å². The van der Waals surface area contributed by atoms with Crippen molar-refractivity contribution < 1.29 is 4.74 Å². The van der Waals surface area contributed by atoms with Crippen LogP contribution in [0.2, 0.25) is 0 Å². The van der Waals surface area contributed by atoms with Gasteiger partial charge in [0.15, 0.2) is 0 Å². The summed E-state index contributed by atoms with van der Waals surface area (Å²) in [6, 6.07) is 9.58. The summed E-state index contributed by atoms with van der Waals surface area (Å²) in [4.78, 5) is 30.3. The van der Waals surface area contributed by atoms with Crippen molar-refractivity contribution in [2.24, 2.45) is 0 Å². The molecule has 27 heavy (non-hydrogen) atoms. The fourth-order valence-corrected chi connectivity index (χ4v) is 3.47. The fourth-order valence-electron chi connectivity index (χ4n) is 3.47. The molecule has 0 radical (unpaired) electrons. The summed E-state index contributed by atoms with van der Waals surface area (Å²) in [5.41, 5.74) is 1.19. The molecule has 2 aromatic rings. The molecule has 0 spiro atoms. The molecule has 1 aliphatic heterocycles. The van der Waals surface area contributed by atoms with Gasteiger partial charge in [-0.25, -0.2) is 4.79 Å². The maximum Gasteiger partial charge on any atom is 0.328 e. The van der Waals surface area contributed by atoms with Gasteiger partial charge in [0.2, 0.25) is 0 Å². The molecule has 7 nitrogen and oxygen atoms in total. The van der Waals surface area contributed by atoms with Crippen LogP contribution >= 0.6 is 12.4 Å². The zero-order valence-electron chi connectivity index (χ0n) is 15.8. The third kappa shape index (κ3) is 5.14. The second kappa shape index (κ2) is 9.62. The van der Waals surface area contributed by atoms with Crippen LogP contribution in [0.25, 0.3) is 0 Å². The van der Waals surface area contributed by atoms with Crippen molar-refractivity contribution in [2.45, 2.75) is 19.9 Å². The van der Waals surface area contributed by atoms with Crippen molar-refractivity contribution in [1.82, 2.24) is 14.5 Å². The summed E-state index contributed by atoms with van der Waals surface area (Å²) in [6.45, 7) is 7.23. The number of ether oxygens (including phenoxy) is 1. The molecule has 0 saturated carbocycles. The molecule has 1 fully saturated rings. The second-order valence-electron chi connectivity index (χ2n) is 6.59. The summed E-state index contributed by atoms with van der Waals surface area (Å²) in [5, 5.41) is 0. The molecular formula is C19H27ClN4O3. The van der Waals surface area contributed by atoms with Crippen LogP contribution < -0.4 is 20.9 Å². The topological polar surface area (TPSA) is 70.6 Å². The number of nitrogens with zero attached hydrogens (tertiary/aromatic N) is 3. The molecule has 0 atom stereocenters. The SMILES string of the molecule is COc1ccccc1N1CCN(CCCn2c(C)cc(=O)[nH]c2=O)CC1.Cl. The molecule has 1 aliphatic rings. The average molecular weight is 395 g/mol. The van der Waals surface area contributed by atoms with Crippen LogP contribution in [0.5, 0.6) is 5.75 Å². The molecule has 0 amide bonds. The van der Waals surface area contributed by atoms with Gasteiger partial charge in [0.05, 0.1) is 12.8 Å². The van der Waals surface area contributed by atoms with Gasteiger partial charge in [0, 0.05) is 44.5 Å². The first-order valence-electron chi connectivity index (χ1n) is 8.99. The lowest BCUT2D eigenvalue weighted by Gasteiger charge is -2.36. The summed E-state index contributed by atoms with van der Waals surface area (Å²) in [6.07, 6.45) is 0.876. The quantitative estimate of drug-likeness (QED) is 0.803. The Balaban J connectivity index is 0.00000261. The molecule has 148 valence electrons. The summed E-state index contributed by atoms with van der Waals surface area (Å²) in [5.74, 6) is 0.911. The van der Waals surface area contributed by atoms with Gasteiger partial charge >= 0.3 is 5.69 Å². The lowest BCUT2D eigenvalue weighted by Crippen LogP contribution is -2.47. The molecule has 0 unspecified atom stereocenters. The van der Waals surface area contributed by atoms with E-state index in [0.29, 0.717) is 12.2 Å². The van der Waals surface area contributed by atoms with Crippen LogP contribution in [0.4, 0.5) is 5.69 Å². The van der Waals surface area contributed by atoms with Gasteiger partial charge in [-0.1, -0.05) is 12.1 Å². The van der Waals surface area contributed by atoms with Crippen molar-refractivity contribution in [3.05, 3.63) is 56.9 Å². The van der Waals surface area contributed by atoms with Gasteiger partial charge in [-0.05, 0) is 32.0 Å². The highest BCUT2D eigenvalue weighted by Gasteiger charge is 2.19. The minimum Gasteiger partial charge on any atom is -0.495 e. The summed E-state index contributed by atoms with van der Waals surface area (Å²) in [7, 11) is 1.70. The first-order valence-corrected chi connectivity index (χ1v) is 8.99. The summed E-state index contributed by atoms with van der Waals surface area (Å²) < 4.78 is 7.09. The average Bonchev–Trinajstić information content (AvgIpc) is 2.64. The monoisotopic (exact) mass is 394 g/mol. The number of methoxy groups -OCH3 is 1. The molecule has 1 aromatic carbocycles. The van der Waals surface area contributed by atoms with Gasteiger partial charge in [0.1, 0.15) is 5.75 Å². The second-order valence-corrected chi connectivity index (χ2v) is 6.59. The summed E-state index contributed by atoms with van der Waals surface area (Å²) >= 11 is 0. The molecular weight excluding hydrogens is 368 g/mol. The first kappa shape index (κ1) is 21.1. The molecule has 1 saturated heterocycles. The number of aromatic amines is 1. The Bertz CT molecular complexity index is 857. The van der Waals surface area contributed by atoms with E-state index in [1.54, 1.807) is 18.6 Å². The Labute approximate surface area is 165 Å². The van der Waals surface area contributed by atoms with Crippen molar-refractivity contribution in [1.29, 1.82) is 0 Å². The van der Waals surface area contributed by atoms with Gasteiger partial charge in [-0.2, -0.15) is 0 Å². The van der Waals surface area contributed by atoms with Crippen LogP contribution in [-0.4, -0.2) is 54.3 Å². The van der Waals surface area contributed by atoms with Crippen molar-refractivity contribution in [3.63, 3.8) is 0 Å². The Kier molecular flexibility index (Phi) is 7.50. The Morgan fingerprint density at radius 3 is 2.44 bits per heavy atom. The number of benzene rings is 1. The van der Waals surface area contributed by atoms with Crippen LogP contribution in [0.3, 0.4) is 0 Å². The number of anilines is 1. The van der Waals surface area contributed by atoms with E-state index in [2.05, 4.69) is 20.9 Å². The smallest absolute Gasteiger partial charge is 0.328 e. The maximum atomic E-state index is 11.9. The predicted octanol–water partition coefficient (Wildman–Crippen LogP) is 1.49. The Morgan fingerprint density at radius 1 is 1.07 bits per heavy atom. The standard InChI is InChI=1S/C19H26N4O3.ClH/c1-15-14-18(24)20-19(25)23(15)9-5-8-21-10-12-22(13-11-21)16-6-3-4-7-17(16)26-2;/h3-4,6-7,14H,5,8-13H2,1-2H3,(H,20,24,25);1H. The highest BCUT2D eigenvalue weighted by atomic mass is 35.5. The molecule has 0 aliphatic carbocycles. The van der Waals surface area contributed by atoms with E-state index in [1.807, 2.05) is 18.2 Å². The molecule has 8 heteroatoms. The van der Waals surface area contributed by atoms with Crippen molar-refractivity contribution >= 4 is 18.1 Å². The maximum absolute atomic E-state index is 11.9. The minimum atomic E-state index is -0.337. The lowest BCUT2D eigenvalue weighted by atomic mass is 10.2. The molecule has 1 aromatic heterocycles.